The number of hydrogen-bond donors (Lipinski definition) is 2. The molecular weight excluding hydrogens is 100 g/mol. The van der Waals surface area contributed by atoms with Crippen LogP contribution in [-0.2, 0) is 0 Å². The van der Waals surface area contributed by atoms with Gasteiger partial charge in [-0.05, 0) is 13.3 Å². The molecule has 0 radical (unpaired) electrons. The molecule has 0 aliphatic rings. The summed E-state index contributed by atoms with van der Waals surface area (Å²) in [5.74, 6) is 5.03. The van der Waals surface area contributed by atoms with Crippen LogP contribution in [0.25, 0.3) is 0 Å². The second-order valence-electron chi connectivity index (χ2n) is 1.91. The fourth-order valence-corrected chi connectivity index (χ4v) is 0.609. The average Bonchev–Trinajstić information content (AvgIpc) is 1.68. The number of rotatable bonds is 3. The van der Waals surface area contributed by atoms with Crippen LogP contribution in [0.2, 0.25) is 0 Å². The summed E-state index contributed by atoms with van der Waals surface area (Å²) < 4.78 is 0. The molecule has 0 spiro atoms. The third-order valence-corrected chi connectivity index (χ3v) is 0.974. The summed E-state index contributed by atoms with van der Waals surface area (Å²) in [6, 6.07) is 0. The first-order chi connectivity index (χ1) is 3.81. The molecule has 0 saturated carbocycles. The normalized spacial score (nSPS) is 11.6. The van der Waals surface area contributed by atoms with Gasteiger partial charge >= 0.3 is 0 Å². The average molecular weight is 114 g/mol. The predicted octanol–water partition coefficient (Wildman–Crippen LogP) is 1.15. The molecule has 0 bridgehead atoms. The molecule has 2 nitrogen and oxygen atoms in total. The van der Waals surface area contributed by atoms with Crippen LogP contribution in [0.1, 0.15) is 26.7 Å². The van der Waals surface area contributed by atoms with E-state index < -0.39 is 0 Å². The molecule has 0 aliphatic carbocycles. The van der Waals surface area contributed by atoms with Gasteiger partial charge in [0.05, 0.1) is 0 Å². The Morgan fingerprint density at radius 2 is 2.38 bits per heavy atom. The second kappa shape index (κ2) is 4.65. The van der Waals surface area contributed by atoms with Crippen molar-refractivity contribution in [3.8, 4) is 0 Å². The Morgan fingerprint density at radius 3 is 2.75 bits per heavy atom. The number of nitrogens with two attached hydrogens (primary N) is 1. The zero-order chi connectivity index (χ0) is 6.41. The van der Waals surface area contributed by atoms with E-state index in [-0.39, 0.29) is 0 Å². The van der Waals surface area contributed by atoms with Gasteiger partial charge in [0.2, 0.25) is 0 Å². The molecule has 48 valence electrons. The summed E-state index contributed by atoms with van der Waals surface area (Å²) in [6.07, 6.45) is 4.14. The highest BCUT2D eigenvalue weighted by molar-refractivity contribution is 4.94. The van der Waals surface area contributed by atoms with Crippen molar-refractivity contribution in [3.63, 3.8) is 0 Å². The van der Waals surface area contributed by atoms with E-state index >= 15 is 0 Å². The molecule has 0 saturated heterocycles. The van der Waals surface area contributed by atoms with Crippen LogP contribution in [0.4, 0.5) is 0 Å². The van der Waals surface area contributed by atoms with E-state index in [1.807, 2.05) is 6.20 Å². The summed E-state index contributed by atoms with van der Waals surface area (Å²) >= 11 is 0. The monoisotopic (exact) mass is 114 g/mol. The number of hydrogen-bond acceptors (Lipinski definition) is 2. The molecular formula is C6H14N2. The van der Waals surface area contributed by atoms with Gasteiger partial charge in [-0.15, -0.1) is 0 Å². The summed E-state index contributed by atoms with van der Waals surface area (Å²) in [5.41, 5.74) is 3.79. The SMILES string of the molecule is CCC/C(C)=C\NN. The molecule has 0 rings (SSSR count). The lowest BCUT2D eigenvalue weighted by atomic mass is 10.2. The minimum absolute atomic E-state index is 1.13. The first-order valence-corrected chi connectivity index (χ1v) is 2.93. The fourth-order valence-electron chi connectivity index (χ4n) is 0.609. The van der Waals surface area contributed by atoms with Gasteiger partial charge in [0.1, 0.15) is 0 Å². The lowest BCUT2D eigenvalue weighted by Gasteiger charge is -1.94. The van der Waals surface area contributed by atoms with Crippen molar-refractivity contribution in [1.29, 1.82) is 0 Å². The molecule has 8 heavy (non-hydrogen) atoms. The van der Waals surface area contributed by atoms with Gasteiger partial charge in [-0.1, -0.05) is 18.9 Å². The quantitative estimate of drug-likeness (QED) is 0.426. The van der Waals surface area contributed by atoms with Crippen LogP contribution in [-0.4, -0.2) is 0 Å². The van der Waals surface area contributed by atoms with E-state index in [0.29, 0.717) is 0 Å². The molecule has 0 amide bonds. The van der Waals surface area contributed by atoms with Crippen LogP contribution in [0.15, 0.2) is 11.8 Å². The van der Waals surface area contributed by atoms with Gasteiger partial charge in [-0.3, -0.25) is 5.84 Å². The van der Waals surface area contributed by atoms with Crippen LogP contribution in [0, 0.1) is 0 Å². The summed E-state index contributed by atoms with van der Waals surface area (Å²) in [6.45, 7) is 4.21. The Morgan fingerprint density at radius 1 is 1.75 bits per heavy atom. The van der Waals surface area contributed by atoms with Crippen molar-refractivity contribution in [2.45, 2.75) is 26.7 Å². The van der Waals surface area contributed by atoms with Crippen LogP contribution >= 0.6 is 0 Å². The number of allylic oxidation sites excluding steroid dienone is 1. The van der Waals surface area contributed by atoms with Gasteiger partial charge in [0.15, 0.2) is 0 Å². The molecule has 0 aliphatic heterocycles. The van der Waals surface area contributed by atoms with Crippen molar-refractivity contribution < 1.29 is 0 Å². The van der Waals surface area contributed by atoms with Gasteiger partial charge in [-0.2, -0.15) is 0 Å². The Bertz CT molecular complexity index is 76.6. The largest absolute Gasteiger partial charge is 0.331 e. The van der Waals surface area contributed by atoms with E-state index in [0.717, 1.165) is 6.42 Å². The minimum atomic E-state index is 1.13. The Kier molecular flexibility index (Phi) is 4.36. The lowest BCUT2D eigenvalue weighted by Crippen LogP contribution is -2.13. The summed E-state index contributed by atoms with van der Waals surface area (Å²) in [4.78, 5) is 0. The van der Waals surface area contributed by atoms with Crippen molar-refractivity contribution in [2.24, 2.45) is 5.84 Å². The highest BCUT2D eigenvalue weighted by Crippen LogP contribution is 1.99. The van der Waals surface area contributed by atoms with Crippen molar-refractivity contribution >= 4 is 0 Å². The standard InChI is InChI=1S/C6H14N2/c1-3-4-6(2)5-8-7/h5,8H,3-4,7H2,1-2H3/b6-5-. The van der Waals surface area contributed by atoms with Gasteiger partial charge in [0.25, 0.3) is 0 Å². The summed E-state index contributed by atoms with van der Waals surface area (Å²) in [5, 5.41) is 0. The number of hydrazine groups is 1. The van der Waals surface area contributed by atoms with Crippen LogP contribution in [0.3, 0.4) is 0 Å². The van der Waals surface area contributed by atoms with E-state index in [4.69, 9.17) is 5.84 Å². The fraction of sp³-hybridized carbons (Fsp3) is 0.667. The molecule has 2 heteroatoms. The molecule has 3 N–H and O–H groups in total. The number of nitrogens with one attached hydrogen (secondary N) is 1. The first-order valence-electron chi connectivity index (χ1n) is 2.93. The molecule has 0 aromatic heterocycles. The molecule has 0 fully saturated rings. The van der Waals surface area contributed by atoms with E-state index in [1.165, 1.54) is 12.0 Å². The molecule has 0 heterocycles. The molecule has 0 unspecified atom stereocenters. The van der Waals surface area contributed by atoms with Crippen molar-refractivity contribution in [2.75, 3.05) is 0 Å². The van der Waals surface area contributed by atoms with Crippen molar-refractivity contribution in [3.05, 3.63) is 11.8 Å². The van der Waals surface area contributed by atoms with Gasteiger partial charge in [0, 0.05) is 6.20 Å². The first kappa shape index (κ1) is 7.50. The Labute approximate surface area is 50.7 Å². The summed E-state index contributed by atoms with van der Waals surface area (Å²) in [7, 11) is 0. The van der Waals surface area contributed by atoms with E-state index in [2.05, 4.69) is 19.3 Å². The van der Waals surface area contributed by atoms with Crippen LogP contribution < -0.4 is 11.3 Å². The highest BCUT2D eigenvalue weighted by atomic mass is 15.2. The molecule has 0 atom stereocenters. The smallest absolute Gasteiger partial charge is 0.0112 e. The Balaban J connectivity index is 3.29. The second-order valence-corrected chi connectivity index (χ2v) is 1.91. The van der Waals surface area contributed by atoms with E-state index in [9.17, 15) is 0 Å². The Hall–Kier alpha value is -0.500. The zero-order valence-electron chi connectivity index (χ0n) is 5.57. The highest BCUT2D eigenvalue weighted by Gasteiger charge is 1.82. The van der Waals surface area contributed by atoms with Gasteiger partial charge in [-0.25, -0.2) is 0 Å². The maximum Gasteiger partial charge on any atom is 0.0112 e. The maximum atomic E-state index is 5.03. The van der Waals surface area contributed by atoms with Crippen molar-refractivity contribution in [1.82, 2.24) is 5.43 Å². The van der Waals surface area contributed by atoms with Crippen LogP contribution in [0.5, 0.6) is 0 Å². The third-order valence-electron chi connectivity index (χ3n) is 0.974. The minimum Gasteiger partial charge on any atom is -0.331 e. The van der Waals surface area contributed by atoms with E-state index in [1.54, 1.807) is 0 Å². The maximum absolute atomic E-state index is 5.03. The predicted molar refractivity (Wildman–Crippen MR) is 36.0 cm³/mol. The zero-order valence-corrected chi connectivity index (χ0v) is 5.57. The molecule has 0 aromatic carbocycles. The topological polar surface area (TPSA) is 38.0 Å². The van der Waals surface area contributed by atoms with Gasteiger partial charge < -0.3 is 5.43 Å². The molecule has 0 aromatic rings. The third kappa shape index (κ3) is 3.68. The lowest BCUT2D eigenvalue weighted by molar-refractivity contribution is 0.867.